The molecule has 1 atom stereocenters. The van der Waals surface area contributed by atoms with Gasteiger partial charge in [0.1, 0.15) is 5.75 Å². The number of amides is 1. The standard InChI is InChI=1S/C13H19ClN2O3S/c1-8(2)9(3)16-13(17)7-20(18,19)12-5-4-10(14)6-11(12)15/h4-6,8-9H,7,15H2,1-3H3,(H,16,17). The molecule has 7 heteroatoms. The summed E-state index contributed by atoms with van der Waals surface area (Å²) in [6, 6.07) is 3.99. The third-order valence-corrected chi connectivity index (χ3v) is 4.94. The van der Waals surface area contributed by atoms with E-state index >= 15 is 0 Å². The Labute approximate surface area is 124 Å². The van der Waals surface area contributed by atoms with E-state index in [1.807, 2.05) is 20.8 Å². The number of hydrogen-bond donors (Lipinski definition) is 2. The third-order valence-electron chi connectivity index (χ3n) is 3.02. The molecule has 0 bridgehead atoms. The van der Waals surface area contributed by atoms with Crippen LogP contribution in [0, 0.1) is 5.92 Å². The summed E-state index contributed by atoms with van der Waals surface area (Å²) in [5.41, 5.74) is 5.68. The van der Waals surface area contributed by atoms with Gasteiger partial charge in [-0.25, -0.2) is 8.42 Å². The number of rotatable bonds is 5. The second kappa shape index (κ2) is 6.45. The predicted molar refractivity (Wildman–Crippen MR) is 80.4 cm³/mol. The van der Waals surface area contributed by atoms with Crippen LogP contribution in [0.15, 0.2) is 23.1 Å². The first-order valence-electron chi connectivity index (χ1n) is 6.20. The molecule has 1 amide bonds. The Morgan fingerprint density at radius 3 is 2.45 bits per heavy atom. The molecule has 0 spiro atoms. The van der Waals surface area contributed by atoms with Crippen molar-refractivity contribution in [3.05, 3.63) is 23.2 Å². The number of hydrogen-bond acceptors (Lipinski definition) is 4. The summed E-state index contributed by atoms with van der Waals surface area (Å²) in [6.07, 6.45) is 0. The Morgan fingerprint density at radius 1 is 1.35 bits per heavy atom. The van der Waals surface area contributed by atoms with E-state index in [4.69, 9.17) is 17.3 Å². The zero-order chi connectivity index (χ0) is 15.5. The maximum absolute atomic E-state index is 12.1. The molecule has 5 nitrogen and oxygen atoms in total. The van der Waals surface area contributed by atoms with Crippen molar-refractivity contribution in [3.8, 4) is 0 Å². The van der Waals surface area contributed by atoms with Crippen LogP contribution in [-0.4, -0.2) is 26.1 Å². The van der Waals surface area contributed by atoms with Gasteiger partial charge in [-0.15, -0.1) is 0 Å². The highest BCUT2D eigenvalue weighted by Gasteiger charge is 2.23. The van der Waals surface area contributed by atoms with Crippen molar-refractivity contribution < 1.29 is 13.2 Å². The lowest BCUT2D eigenvalue weighted by Gasteiger charge is -2.17. The fourth-order valence-electron chi connectivity index (χ4n) is 1.52. The second-order valence-electron chi connectivity index (χ2n) is 5.04. The zero-order valence-corrected chi connectivity index (χ0v) is 13.3. The molecule has 1 aromatic carbocycles. The van der Waals surface area contributed by atoms with Crippen molar-refractivity contribution in [1.29, 1.82) is 0 Å². The smallest absolute Gasteiger partial charge is 0.235 e. The number of nitrogens with one attached hydrogen (secondary N) is 1. The quantitative estimate of drug-likeness (QED) is 0.811. The highest BCUT2D eigenvalue weighted by Crippen LogP contribution is 2.23. The van der Waals surface area contributed by atoms with Crippen LogP contribution < -0.4 is 11.1 Å². The van der Waals surface area contributed by atoms with Gasteiger partial charge in [0.25, 0.3) is 0 Å². The minimum atomic E-state index is -3.77. The van der Waals surface area contributed by atoms with Crippen LogP contribution in [0.2, 0.25) is 5.02 Å². The normalized spacial score (nSPS) is 13.2. The van der Waals surface area contributed by atoms with Gasteiger partial charge in [0.05, 0.1) is 10.6 Å². The van der Waals surface area contributed by atoms with Crippen LogP contribution in [-0.2, 0) is 14.6 Å². The number of carbonyl (C=O) groups is 1. The number of sulfone groups is 1. The summed E-state index contributed by atoms with van der Waals surface area (Å²) in [7, 11) is -3.77. The van der Waals surface area contributed by atoms with Crippen molar-refractivity contribution in [2.75, 3.05) is 11.5 Å². The minimum absolute atomic E-state index is 0.0437. The van der Waals surface area contributed by atoms with E-state index in [0.29, 0.717) is 5.02 Å². The summed E-state index contributed by atoms with van der Waals surface area (Å²) >= 11 is 5.72. The number of nitrogens with two attached hydrogens (primary N) is 1. The number of carbonyl (C=O) groups excluding carboxylic acids is 1. The lowest BCUT2D eigenvalue weighted by molar-refractivity contribution is -0.119. The molecule has 0 fully saturated rings. The monoisotopic (exact) mass is 318 g/mol. The summed E-state index contributed by atoms with van der Waals surface area (Å²) in [5, 5.41) is 3.00. The van der Waals surface area contributed by atoms with Gasteiger partial charge in [-0.1, -0.05) is 25.4 Å². The Bertz CT molecular complexity index is 600. The topological polar surface area (TPSA) is 89.3 Å². The van der Waals surface area contributed by atoms with E-state index in [-0.39, 0.29) is 22.5 Å². The largest absolute Gasteiger partial charge is 0.398 e. The van der Waals surface area contributed by atoms with Gasteiger partial charge in [0.15, 0.2) is 9.84 Å². The molecule has 0 aliphatic carbocycles. The van der Waals surface area contributed by atoms with Gasteiger partial charge in [-0.05, 0) is 31.0 Å². The molecule has 0 saturated heterocycles. The van der Waals surface area contributed by atoms with Crippen molar-refractivity contribution in [2.24, 2.45) is 5.92 Å². The zero-order valence-electron chi connectivity index (χ0n) is 11.7. The maximum atomic E-state index is 12.1. The van der Waals surface area contributed by atoms with Gasteiger partial charge in [-0.3, -0.25) is 4.79 Å². The third kappa shape index (κ3) is 4.38. The fraction of sp³-hybridized carbons (Fsp3) is 0.462. The summed E-state index contributed by atoms with van der Waals surface area (Å²) in [5.74, 6) is -0.946. The van der Waals surface area contributed by atoms with Gasteiger partial charge in [-0.2, -0.15) is 0 Å². The molecule has 0 heterocycles. The Hall–Kier alpha value is -1.27. The van der Waals surface area contributed by atoms with E-state index in [2.05, 4.69) is 5.32 Å². The molecule has 0 radical (unpaired) electrons. The van der Waals surface area contributed by atoms with E-state index in [0.717, 1.165) is 0 Å². The summed E-state index contributed by atoms with van der Waals surface area (Å²) in [4.78, 5) is 11.7. The Morgan fingerprint density at radius 2 is 1.95 bits per heavy atom. The number of halogens is 1. The molecule has 0 aliphatic rings. The van der Waals surface area contributed by atoms with E-state index < -0.39 is 21.5 Å². The van der Waals surface area contributed by atoms with E-state index in [9.17, 15) is 13.2 Å². The van der Waals surface area contributed by atoms with Gasteiger partial charge in [0.2, 0.25) is 5.91 Å². The maximum Gasteiger partial charge on any atom is 0.235 e. The van der Waals surface area contributed by atoms with Crippen molar-refractivity contribution in [3.63, 3.8) is 0 Å². The molecule has 1 aromatic rings. The van der Waals surface area contributed by atoms with Crippen LogP contribution in [0.1, 0.15) is 20.8 Å². The van der Waals surface area contributed by atoms with Crippen molar-refractivity contribution in [1.82, 2.24) is 5.32 Å². The first kappa shape index (κ1) is 16.8. The molecule has 1 unspecified atom stereocenters. The first-order chi connectivity index (χ1) is 9.13. The van der Waals surface area contributed by atoms with Gasteiger partial charge >= 0.3 is 0 Å². The lowest BCUT2D eigenvalue weighted by atomic mass is 10.1. The summed E-state index contributed by atoms with van der Waals surface area (Å²) in [6.45, 7) is 5.71. The van der Waals surface area contributed by atoms with Crippen molar-refractivity contribution >= 4 is 33.0 Å². The SMILES string of the molecule is CC(C)C(C)NC(=O)CS(=O)(=O)c1ccc(Cl)cc1N. The second-order valence-corrected chi connectivity index (χ2v) is 7.44. The van der Waals surface area contributed by atoms with Crippen LogP contribution in [0.25, 0.3) is 0 Å². The van der Waals surface area contributed by atoms with E-state index in [1.165, 1.54) is 18.2 Å². The average Bonchev–Trinajstić information content (AvgIpc) is 2.26. The lowest BCUT2D eigenvalue weighted by Crippen LogP contribution is -2.39. The number of nitrogen functional groups attached to an aromatic ring is 1. The average molecular weight is 319 g/mol. The van der Waals surface area contributed by atoms with Crippen LogP contribution in [0.3, 0.4) is 0 Å². The number of benzene rings is 1. The molecule has 1 rings (SSSR count). The molecular weight excluding hydrogens is 300 g/mol. The fourth-order valence-corrected chi connectivity index (χ4v) is 2.97. The van der Waals surface area contributed by atoms with Crippen LogP contribution in [0.5, 0.6) is 0 Å². The molecule has 0 saturated carbocycles. The predicted octanol–water partition coefficient (Wildman–Crippen LogP) is 1.86. The minimum Gasteiger partial charge on any atom is -0.398 e. The van der Waals surface area contributed by atoms with Gasteiger partial charge < -0.3 is 11.1 Å². The highest BCUT2D eigenvalue weighted by atomic mass is 35.5. The van der Waals surface area contributed by atoms with Gasteiger partial charge in [0, 0.05) is 11.1 Å². The molecular formula is C13H19ClN2O3S. The van der Waals surface area contributed by atoms with E-state index in [1.54, 1.807) is 0 Å². The molecule has 112 valence electrons. The Kier molecular flexibility index (Phi) is 5.42. The van der Waals surface area contributed by atoms with Crippen molar-refractivity contribution in [2.45, 2.75) is 31.7 Å². The van der Waals surface area contributed by atoms with Crippen LogP contribution >= 0.6 is 11.6 Å². The molecule has 20 heavy (non-hydrogen) atoms. The summed E-state index contributed by atoms with van der Waals surface area (Å²) < 4.78 is 24.3. The Balaban J connectivity index is 2.87. The molecule has 0 aliphatic heterocycles. The molecule has 3 N–H and O–H groups in total. The highest BCUT2D eigenvalue weighted by molar-refractivity contribution is 7.92. The van der Waals surface area contributed by atoms with Crippen LogP contribution in [0.4, 0.5) is 5.69 Å². The molecule has 0 aromatic heterocycles. The number of anilines is 1. The first-order valence-corrected chi connectivity index (χ1v) is 8.23.